The summed E-state index contributed by atoms with van der Waals surface area (Å²) in [6.07, 6.45) is 0.112. The Kier molecular flexibility index (Phi) is 6.95. The molecule has 0 heterocycles. The summed E-state index contributed by atoms with van der Waals surface area (Å²) in [6, 6.07) is 8.01. The zero-order valence-corrected chi connectivity index (χ0v) is 17.0. The maximum absolute atomic E-state index is 12.5. The highest BCUT2D eigenvalue weighted by Gasteiger charge is 2.33. The molecule has 164 valence electrons. The number of phenols is 2. The normalized spacial score (nSPS) is 12.5. The Labute approximate surface area is 177 Å². The summed E-state index contributed by atoms with van der Waals surface area (Å²) in [5.41, 5.74) is 0.0596. The van der Waals surface area contributed by atoms with E-state index in [1.54, 1.807) is 19.1 Å². The summed E-state index contributed by atoms with van der Waals surface area (Å²) in [6.45, 7) is 4.58. The van der Waals surface area contributed by atoms with E-state index < -0.39 is 34.8 Å². The van der Waals surface area contributed by atoms with Gasteiger partial charge in [0.05, 0.1) is 5.41 Å². The van der Waals surface area contributed by atoms with Gasteiger partial charge in [0.1, 0.15) is 5.75 Å². The quantitative estimate of drug-likeness (QED) is 0.463. The van der Waals surface area contributed by atoms with Crippen molar-refractivity contribution in [3.8, 4) is 17.2 Å². The molecule has 0 bridgehead atoms. The molecule has 2 N–H and O–H groups in total. The molecule has 0 saturated heterocycles. The molecule has 0 saturated carbocycles. The minimum atomic E-state index is -4.98. The van der Waals surface area contributed by atoms with Crippen molar-refractivity contribution in [3.63, 3.8) is 0 Å². The smallest absolute Gasteiger partial charge is 0.508 e. The van der Waals surface area contributed by atoms with Crippen LogP contribution in [0.1, 0.15) is 30.5 Å². The van der Waals surface area contributed by atoms with E-state index in [1.165, 1.54) is 44.2 Å². The maximum Gasteiger partial charge on any atom is 0.573 e. The van der Waals surface area contributed by atoms with E-state index in [2.05, 4.69) is 4.74 Å². The molecular weight excluding hydrogens is 413 g/mol. The van der Waals surface area contributed by atoms with Gasteiger partial charge in [0.2, 0.25) is 0 Å². The third kappa shape index (κ3) is 6.47. The first kappa shape index (κ1) is 23.7. The van der Waals surface area contributed by atoms with Crippen LogP contribution in [0.5, 0.6) is 17.2 Å². The van der Waals surface area contributed by atoms with Gasteiger partial charge in [-0.05, 0) is 73.9 Å². The fraction of sp³-hybridized carbons (Fsp3) is 0.217. The van der Waals surface area contributed by atoms with Gasteiger partial charge in [-0.25, -0.2) is 0 Å². The molecule has 31 heavy (non-hydrogen) atoms. The van der Waals surface area contributed by atoms with Crippen LogP contribution < -0.4 is 4.74 Å². The number of carbonyl (C=O) groups is 2. The molecule has 0 aromatic heterocycles. The van der Waals surface area contributed by atoms with Crippen molar-refractivity contribution in [3.05, 3.63) is 65.2 Å². The van der Waals surface area contributed by atoms with Crippen LogP contribution >= 0.6 is 0 Å². The second kappa shape index (κ2) is 9.07. The molecule has 0 aliphatic carbocycles. The Hall–Kier alpha value is -3.55. The van der Waals surface area contributed by atoms with Gasteiger partial charge in [0.15, 0.2) is 23.1 Å². The van der Waals surface area contributed by atoms with Crippen molar-refractivity contribution in [1.82, 2.24) is 0 Å². The largest absolute Gasteiger partial charge is 0.573 e. The van der Waals surface area contributed by atoms with Gasteiger partial charge in [-0.3, -0.25) is 9.59 Å². The molecule has 0 fully saturated rings. The first-order chi connectivity index (χ1) is 14.3. The summed E-state index contributed by atoms with van der Waals surface area (Å²) >= 11 is 0. The average molecular weight is 434 g/mol. The Bertz CT molecular complexity index is 1050. The summed E-state index contributed by atoms with van der Waals surface area (Å²) in [7, 11) is 0. The number of hydrogen-bond donors (Lipinski definition) is 2. The first-order valence-corrected chi connectivity index (χ1v) is 9.13. The number of phenolic OH excluding ortho intramolecular Hbond substituents is 2. The highest BCUT2D eigenvalue weighted by molar-refractivity contribution is 6.16. The number of carbonyl (C=O) groups excluding carboxylic acids is 2. The summed E-state index contributed by atoms with van der Waals surface area (Å²) < 4.78 is 40.9. The number of ketones is 2. The van der Waals surface area contributed by atoms with Crippen LogP contribution in [0, 0.1) is 12.3 Å². The van der Waals surface area contributed by atoms with Crippen LogP contribution in [0.3, 0.4) is 0 Å². The van der Waals surface area contributed by atoms with Gasteiger partial charge in [-0.1, -0.05) is 24.3 Å². The number of benzene rings is 2. The molecule has 0 amide bonds. The molecule has 0 aliphatic rings. The first-order valence-electron chi connectivity index (χ1n) is 9.13. The van der Waals surface area contributed by atoms with Crippen LogP contribution in [-0.4, -0.2) is 28.1 Å². The predicted molar refractivity (Wildman–Crippen MR) is 109 cm³/mol. The van der Waals surface area contributed by atoms with Crippen LogP contribution in [0.25, 0.3) is 12.2 Å². The number of alkyl halides is 3. The Balaban J connectivity index is 2.14. The second-order valence-corrected chi connectivity index (χ2v) is 7.34. The molecule has 0 atom stereocenters. The lowest BCUT2D eigenvalue weighted by atomic mass is 9.82. The number of aryl methyl sites for hydroxylation is 1. The predicted octanol–water partition coefficient (Wildman–Crippen LogP) is 5.20. The van der Waals surface area contributed by atoms with Crippen molar-refractivity contribution in [1.29, 1.82) is 0 Å². The van der Waals surface area contributed by atoms with Crippen LogP contribution in [0.2, 0.25) is 0 Å². The van der Waals surface area contributed by atoms with Crippen molar-refractivity contribution < 1.29 is 37.7 Å². The second-order valence-electron chi connectivity index (χ2n) is 7.34. The van der Waals surface area contributed by atoms with E-state index in [1.807, 2.05) is 0 Å². The molecule has 2 aromatic carbocycles. The fourth-order valence-corrected chi connectivity index (χ4v) is 2.51. The van der Waals surface area contributed by atoms with E-state index in [0.29, 0.717) is 11.1 Å². The lowest BCUT2D eigenvalue weighted by Gasteiger charge is -2.17. The number of hydrogen-bond acceptors (Lipinski definition) is 5. The van der Waals surface area contributed by atoms with Crippen molar-refractivity contribution in [2.75, 3.05) is 0 Å². The minimum Gasteiger partial charge on any atom is -0.508 e. The zero-order valence-electron chi connectivity index (χ0n) is 17.0. The average Bonchev–Trinajstić information content (AvgIpc) is 2.67. The number of ether oxygens (including phenoxy) is 1. The van der Waals surface area contributed by atoms with Gasteiger partial charge in [-0.2, -0.15) is 0 Å². The highest BCUT2D eigenvalue weighted by Crippen LogP contribution is 2.32. The zero-order chi connectivity index (χ0) is 23.4. The third-order valence-corrected chi connectivity index (χ3v) is 4.52. The van der Waals surface area contributed by atoms with Crippen LogP contribution in [-0.2, 0) is 9.59 Å². The summed E-state index contributed by atoms with van der Waals surface area (Å²) in [5.74, 6) is -2.41. The summed E-state index contributed by atoms with van der Waals surface area (Å²) in [4.78, 5) is 25.1. The van der Waals surface area contributed by atoms with Crippen LogP contribution in [0.15, 0.2) is 48.6 Å². The van der Waals surface area contributed by atoms with E-state index in [9.17, 15) is 33.0 Å². The van der Waals surface area contributed by atoms with E-state index in [0.717, 1.165) is 18.2 Å². The molecule has 0 aliphatic heterocycles. The molecule has 2 aromatic rings. The molecule has 0 radical (unpaired) electrons. The number of halogens is 3. The van der Waals surface area contributed by atoms with Crippen molar-refractivity contribution in [2.45, 2.75) is 27.1 Å². The maximum atomic E-state index is 12.5. The highest BCUT2D eigenvalue weighted by atomic mass is 19.4. The Morgan fingerprint density at radius 1 is 0.871 bits per heavy atom. The Morgan fingerprint density at radius 3 is 1.84 bits per heavy atom. The van der Waals surface area contributed by atoms with Crippen molar-refractivity contribution in [2.24, 2.45) is 5.41 Å². The van der Waals surface area contributed by atoms with Crippen molar-refractivity contribution >= 4 is 23.7 Å². The lowest BCUT2D eigenvalue weighted by Crippen LogP contribution is -2.30. The Morgan fingerprint density at radius 2 is 1.35 bits per heavy atom. The van der Waals surface area contributed by atoms with E-state index in [4.69, 9.17) is 0 Å². The summed E-state index contributed by atoms with van der Waals surface area (Å²) in [5, 5.41) is 19.0. The van der Waals surface area contributed by atoms with Gasteiger partial charge in [0, 0.05) is 0 Å². The van der Waals surface area contributed by atoms with Gasteiger partial charge >= 0.3 is 6.36 Å². The molecular formula is C23H21F3O5. The van der Waals surface area contributed by atoms with E-state index >= 15 is 0 Å². The lowest BCUT2D eigenvalue weighted by molar-refractivity contribution is -0.275. The molecule has 2 rings (SSSR count). The van der Waals surface area contributed by atoms with Gasteiger partial charge < -0.3 is 14.9 Å². The standard InChI is InChI=1S/C23H21F3O5/c1-14-12-15(4-8-17(14)27)6-10-20(29)22(2,3)21(30)11-7-16-5-9-18(28)19(13-16)31-23(24,25)26/h4-13,27-28H,1-3H3/b10-6+,11-7+. The van der Waals surface area contributed by atoms with Gasteiger partial charge in [0.25, 0.3) is 0 Å². The van der Waals surface area contributed by atoms with Gasteiger partial charge in [-0.15, -0.1) is 13.2 Å². The molecule has 0 unspecified atom stereocenters. The molecule has 5 nitrogen and oxygen atoms in total. The SMILES string of the molecule is Cc1cc(/C=C/C(=O)C(C)(C)C(=O)/C=C/c2ccc(O)c(OC(F)(F)F)c2)ccc1O. The fourth-order valence-electron chi connectivity index (χ4n) is 2.51. The number of allylic oxidation sites excluding steroid dienone is 2. The number of aromatic hydroxyl groups is 2. The topological polar surface area (TPSA) is 83.8 Å². The third-order valence-electron chi connectivity index (χ3n) is 4.52. The number of rotatable bonds is 7. The monoisotopic (exact) mass is 434 g/mol. The van der Waals surface area contributed by atoms with E-state index in [-0.39, 0.29) is 11.3 Å². The molecule has 0 spiro atoms. The minimum absolute atomic E-state index is 0.127. The molecule has 8 heteroatoms. The van der Waals surface area contributed by atoms with Crippen LogP contribution in [0.4, 0.5) is 13.2 Å².